The molecular weight excluding hydrogens is 422 g/mol. The topological polar surface area (TPSA) is 12.9 Å². The summed E-state index contributed by atoms with van der Waals surface area (Å²) in [5.41, 5.74) is 6.63. The largest absolute Gasteiger partial charge is 0.305 e. The molecule has 0 amide bonds. The summed E-state index contributed by atoms with van der Waals surface area (Å²) in [6.07, 6.45) is 7.41. The van der Waals surface area contributed by atoms with Crippen LogP contribution in [0.15, 0.2) is 30.5 Å². The van der Waals surface area contributed by atoms with Crippen LogP contribution >= 0.6 is 0 Å². The van der Waals surface area contributed by atoms with Gasteiger partial charge < -0.3 is 4.98 Å². The Hall–Kier alpha value is -0.981. The van der Waals surface area contributed by atoms with E-state index < -0.39 is 0 Å². The van der Waals surface area contributed by atoms with Crippen molar-refractivity contribution in [2.24, 2.45) is 0 Å². The fourth-order valence-corrected chi connectivity index (χ4v) is 3.77. The van der Waals surface area contributed by atoms with E-state index in [4.69, 9.17) is 0 Å². The van der Waals surface area contributed by atoms with Gasteiger partial charge in [0.05, 0.1) is 0 Å². The summed E-state index contributed by atoms with van der Waals surface area (Å²) < 4.78 is 0. The summed E-state index contributed by atoms with van der Waals surface area (Å²) in [6, 6.07) is 12.3. The molecule has 0 aliphatic heterocycles. The molecule has 0 unspecified atom stereocenters. The van der Waals surface area contributed by atoms with E-state index in [9.17, 15) is 0 Å². The van der Waals surface area contributed by atoms with E-state index in [-0.39, 0.29) is 20.1 Å². The summed E-state index contributed by atoms with van der Waals surface area (Å²) in [5, 5.41) is 0. The van der Waals surface area contributed by atoms with Gasteiger partial charge in [0.15, 0.2) is 0 Å². The minimum Gasteiger partial charge on any atom is -0.305 e. The van der Waals surface area contributed by atoms with Crippen LogP contribution in [0.5, 0.6) is 0 Å². The van der Waals surface area contributed by atoms with Crippen LogP contribution in [-0.2, 0) is 20.1 Å². The Morgan fingerprint density at radius 1 is 1.05 bits per heavy atom. The molecule has 105 valence electrons. The van der Waals surface area contributed by atoms with Gasteiger partial charge in [-0.2, -0.15) is 0 Å². The predicted octanol–water partition coefficient (Wildman–Crippen LogP) is 4.61. The summed E-state index contributed by atoms with van der Waals surface area (Å²) in [5.74, 6) is 1.59. The Bertz CT molecular complexity index is 627. The number of hydrogen-bond donors (Lipinski definition) is 0. The summed E-state index contributed by atoms with van der Waals surface area (Å²) in [4.78, 5) is 4.49. The first-order valence-corrected chi connectivity index (χ1v) is 7.30. The van der Waals surface area contributed by atoms with Crippen LogP contribution in [0.1, 0.15) is 54.2 Å². The van der Waals surface area contributed by atoms with Gasteiger partial charge >= 0.3 is 0 Å². The summed E-state index contributed by atoms with van der Waals surface area (Å²) in [7, 11) is 0. The van der Waals surface area contributed by atoms with Crippen LogP contribution in [0, 0.1) is 13.0 Å². The second kappa shape index (κ2) is 5.42. The molecule has 1 heterocycles. The Kier molecular flexibility index (Phi) is 3.79. The second-order valence-corrected chi connectivity index (χ2v) is 6.02. The van der Waals surface area contributed by atoms with E-state index in [0.29, 0.717) is 0 Å². The van der Waals surface area contributed by atoms with Crippen LogP contribution in [0.2, 0.25) is 0 Å². The van der Waals surface area contributed by atoms with Crippen molar-refractivity contribution in [1.82, 2.24) is 4.98 Å². The fraction of sp³-hybridized carbons (Fsp3) is 0.389. The number of benzene rings is 1. The van der Waals surface area contributed by atoms with Gasteiger partial charge in [-0.15, -0.1) is 34.9 Å². The average molecular weight is 441 g/mol. The standard InChI is InChI=1S/C18H18N.Ir/c1-12-8-9-19-18(10-12)15-6-7-16-13-2-4-14(5-3-13)17(16)11-15;/h7-11,13-14H,2-5H2,1H3;/q-1;. The number of aromatic nitrogens is 1. The van der Waals surface area contributed by atoms with Crippen molar-refractivity contribution >= 4 is 0 Å². The number of hydrogen-bond acceptors (Lipinski definition) is 1. The Morgan fingerprint density at radius 3 is 2.45 bits per heavy atom. The van der Waals surface area contributed by atoms with Crippen LogP contribution in [0.4, 0.5) is 0 Å². The van der Waals surface area contributed by atoms with Crippen LogP contribution < -0.4 is 0 Å². The van der Waals surface area contributed by atoms with Crippen molar-refractivity contribution in [1.29, 1.82) is 0 Å². The van der Waals surface area contributed by atoms with E-state index in [1.807, 2.05) is 12.3 Å². The third-order valence-electron chi connectivity index (χ3n) is 4.81. The van der Waals surface area contributed by atoms with Crippen molar-refractivity contribution < 1.29 is 20.1 Å². The number of fused-ring (bicyclic) bond motifs is 2. The first kappa shape index (κ1) is 14.0. The molecule has 2 bridgehead atoms. The molecule has 0 N–H and O–H groups in total. The summed E-state index contributed by atoms with van der Waals surface area (Å²) in [6.45, 7) is 2.12. The molecule has 0 saturated heterocycles. The minimum absolute atomic E-state index is 0. The molecule has 2 aromatic rings. The average Bonchev–Trinajstić information content (AvgIpc) is 2.48. The molecule has 1 fully saturated rings. The summed E-state index contributed by atoms with van der Waals surface area (Å²) >= 11 is 0. The van der Waals surface area contributed by atoms with E-state index in [1.165, 1.54) is 31.2 Å². The van der Waals surface area contributed by atoms with Gasteiger partial charge in [-0.05, 0) is 37.4 Å². The molecular formula is C18H18IrN-. The van der Waals surface area contributed by atoms with Gasteiger partial charge in [-0.25, -0.2) is 0 Å². The molecule has 1 saturated carbocycles. The van der Waals surface area contributed by atoms with E-state index in [2.05, 4.69) is 36.2 Å². The van der Waals surface area contributed by atoms with Crippen molar-refractivity contribution in [3.8, 4) is 11.3 Å². The van der Waals surface area contributed by atoms with Gasteiger partial charge in [-0.3, -0.25) is 0 Å². The maximum absolute atomic E-state index is 4.49. The van der Waals surface area contributed by atoms with Crippen LogP contribution in [0.3, 0.4) is 0 Å². The first-order valence-electron chi connectivity index (χ1n) is 7.30. The molecule has 1 nitrogen and oxygen atoms in total. The minimum atomic E-state index is 0. The third kappa shape index (κ3) is 2.25. The van der Waals surface area contributed by atoms with Gasteiger partial charge in [0.2, 0.25) is 0 Å². The SMILES string of the molecule is Cc1ccnc(-c2[c-]cc3c(c2)C2CCC3CC2)c1.[Ir]. The Labute approximate surface area is 134 Å². The van der Waals surface area contributed by atoms with E-state index >= 15 is 0 Å². The third-order valence-corrected chi connectivity index (χ3v) is 4.81. The number of nitrogens with zero attached hydrogens (tertiary/aromatic N) is 1. The predicted molar refractivity (Wildman–Crippen MR) is 77.2 cm³/mol. The van der Waals surface area contributed by atoms with E-state index in [0.717, 1.165) is 23.1 Å². The molecule has 3 aliphatic carbocycles. The van der Waals surface area contributed by atoms with Crippen molar-refractivity contribution in [3.05, 3.63) is 53.2 Å². The van der Waals surface area contributed by atoms with Crippen molar-refractivity contribution in [2.75, 3.05) is 0 Å². The molecule has 20 heavy (non-hydrogen) atoms. The second-order valence-electron chi connectivity index (χ2n) is 6.02. The molecule has 1 radical (unpaired) electrons. The van der Waals surface area contributed by atoms with Crippen molar-refractivity contribution in [2.45, 2.75) is 44.4 Å². The quantitative estimate of drug-likeness (QED) is 0.590. The first-order chi connectivity index (χ1) is 9.31. The van der Waals surface area contributed by atoms with Gasteiger partial charge in [0, 0.05) is 26.3 Å². The van der Waals surface area contributed by atoms with Gasteiger partial charge in [-0.1, -0.05) is 30.4 Å². The number of rotatable bonds is 1. The number of pyridine rings is 1. The van der Waals surface area contributed by atoms with Gasteiger partial charge in [0.25, 0.3) is 0 Å². The molecule has 3 aliphatic rings. The molecule has 5 rings (SSSR count). The zero-order chi connectivity index (χ0) is 12.8. The Balaban J connectivity index is 0.00000121. The molecule has 1 aromatic carbocycles. The normalized spacial score (nSPS) is 23.1. The monoisotopic (exact) mass is 441 g/mol. The Morgan fingerprint density at radius 2 is 1.75 bits per heavy atom. The molecule has 0 spiro atoms. The zero-order valence-electron chi connectivity index (χ0n) is 11.7. The molecule has 1 aromatic heterocycles. The molecule has 0 atom stereocenters. The van der Waals surface area contributed by atoms with Gasteiger partial charge in [0.1, 0.15) is 0 Å². The van der Waals surface area contributed by atoms with Crippen molar-refractivity contribution in [3.63, 3.8) is 0 Å². The number of aryl methyl sites for hydroxylation is 1. The maximum atomic E-state index is 4.49. The van der Waals surface area contributed by atoms with Crippen LogP contribution in [-0.4, -0.2) is 4.98 Å². The van der Waals surface area contributed by atoms with Crippen LogP contribution in [0.25, 0.3) is 11.3 Å². The smallest absolute Gasteiger partial charge is 0.0163 e. The zero-order valence-corrected chi connectivity index (χ0v) is 14.0. The molecule has 2 heteroatoms. The fourth-order valence-electron chi connectivity index (χ4n) is 3.77. The van der Waals surface area contributed by atoms with E-state index in [1.54, 1.807) is 11.1 Å². The maximum Gasteiger partial charge on any atom is 0.0163 e.